The molecule has 0 saturated heterocycles. The molecule has 84 valence electrons. The molecule has 0 spiro atoms. The lowest BCUT2D eigenvalue weighted by Crippen LogP contribution is -2.04. The summed E-state index contributed by atoms with van der Waals surface area (Å²) >= 11 is 1.48. The van der Waals surface area contributed by atoms with Crippen LogP contribution in [0.5, 0.6) is 5.75 Å². The number of carbonyl (C=O) groups is 1. The third-order valence-electron chi connectivity index (χ3n) is 2.13. The van der Waals surface area contributed by atoms with E-state index in [0.717, 1.165) is 10.2 Å². The number of fused-ring (bicyclic) bond motifs is 1. The van der Waals surface area contributed by atoms with Gasteiger partial charge in [0, 0.05) is 0 Å². The Morgan fingerprint density at radius 3 is 3.00 bits per heavy atom. The number of rotatable bonds is 3. The quantitative estimate of drug-likeness (QED) is 0.769. The Bertz CT molecular complexity index is 521. The Morgan fingerprint density at radius 2 is 2.31 bits per heavy atom. The molecule has 0 amide bonds. The zero-order chi connectivity index (χ0) is 11.5. The average molecular weight is 237 g/mol. The zero-order valence-electron chi connectivity index (χ0n) is 9.02. The second-order valence-electron chi connectivity index (χ2n) is 3.10. The van der Waals surface area contributed by atoms with Gasteiger partial charge in [0.05, 0.1) is 35.0 Å². The molecule has 2 aromatic rings. The van der Waals surface area contributed by atoms with Crippen LogP contribution in [0.2, 0.25) is 0 Å². The fourth-order valence-corrected chi connectivity index (χ4v) is 2.18. The third-order valence-corrected chi connectivity index (χ3v) is 2.99. The second-order valence-corrected chi connectivity index (χ2v) is 3.95. The molecule has 0 aliphatic rings. The summed E-state index contributed by atoms with van der Waals surface area (Å²) in [6, 6.07) is 3.39. The molecule has 0 bridgehead atoms. The van der Waals surface area contributed by atoms with Crippen molar-refractivity contribution in [1.29, 1.82) is 0 Å². The fraction of sp³-hybridized carbons (Fsp3) is 0.273. The maximum absolute atomic E-state index is 11.6. The van der Waals surface area contributed by atoms with Gasteiger partial charge in [-0.15, -0.1) is 11.3 Å². The van der Waals surface area contributed by atoms with E-state index in [1.807, 2.05) is 0 Å². The largest absolute Gasteiger partial charge is 0.495 e. The van der Waals surface area contributed by atoms with Gasteiger partial charge in [-0.2, -0.15) is 0 Å². The summed E-state index contributed by atoms with van der Waals surface area (Å²) in [6.07, 6.45) is 0. The highest BCUT2D eigenvalue weighted by molar-refractivity contribution is 7.17. The van der Waals surface area contributed by atoms with E-state index in [2.05, 4.69) is 4.98 Å². The van der Waals surface area contributed by atoms with Gasteiger partial charge >= 0.3 is 5.97 Å². The molecule has 0 radical (unpaired) electrons. The first-order valence-corrected chi connectivity index (χ1v) is 5.72. The average Bonchev–Trinajstić information content (AvgIpc) is 2.75. The lowest BCUT2D eigenvalue weighted by molar-refractivity contribution is 0.0526. The number of esters is 1. The van der Waals surface area contributed by atoms with Gasteiger partial charge in [0.2, 0.25) is 0 Å². The van der Waals surface area contributed by atoms with Crippen LogP contribution < -0.4 is 4.74 Å². The molecule has 2 rings (SSSR count). The van der Waals surface area contributed by atoms with Crippen molar-refractivity contribution in [2.75, 3.05) is 13.7 Å². The number of nitrogens with zero attached hydrogens (tertiary/aromatic N) is 1. The van der Waals surface area contributed by atoms with Crippen molar-refractivity contribution in [3.05, 3.63) is 23.2 Å². The summed E-state index contributed by atoms with van der Waals surface area (Å²) in [5, 5.41) is 0. The minimum Gasteiger partial charge on any atom is -0.495 e. The van der Waals surface area contributed by atoms with Crippen molar-refractivity contribution >= 4 is 27.5 Å². The van der Waals surface area contributed by atoms with E-state index < -0.39 is 0 Å². The lowest BCUT2D eigenvalue weighted by Gasteiger charge is -2.05. The molecule has 0 aliphatic heterocycles. The predicted octanol–water partition coefficient (Wildman–Crippen LogP) is 2.48. The Balaban J connectivity index is 2.51. The number of hydrogen-bond acceptors (Lipinski definition) is 5. The van der Waals surface area contributed by atoms with Crippen molar-refractivity contribution in [2.24, 2.45) is 0 Å². The summed E-state index contributed by atoms with van der Waals surface area (Å²) in [6.45, 7) is 2.13. The fourth-order valence-electron chi connectivity index (χ4n) is 1.42. The minimum atomic E-state index is -0.351. The second kappa shape index (κ2) is 4.49. The van der Waals surface area contributed by atoms with Crippen LogP contribution in [0.25, 0.3) is 10.2 Å². The van der Waals surface area contributed by atoms with E-state index in [1.54, 1.807) is 31.7 Å². The van der Waals surface area contributed by atoms with Crippen LogP contribution >= 0.6 is 11.3 Å². The number of aromatic nitrogens is 1. The van der Waals surface area contributed by atoms with E-state index >= 15 is 0 Å². The van der Waals surface area contributed by atoms with Crippen LogP contribution in [0, 0.1) is 0 Å². The SMILES string of the molecule is CCOC(=O)c1cc(OC)c2scnc2c1. The van der Waals surface area contributed by atoms with Gasteiger partial charge in [0.15, 0.2) is 0 Å². The smallest absolute Gasteiger partial charge is 0.338 e. The maximum atomic E-state index is 11.6. The van der Waals surface area contributed by atoms with Gasteiger partial charge in [-0.1, -0.05) is 0 Å². The van der Waals surface area contributed by atoms with Crippen molar-refractivity contribution in [3.63, 3.8) is 0 Å². The Hall–Kier alpha value is -1.62. The minimum absolute atomic E-state index is 0.351. The van der Waals surface area contributed by atoms with Gasteiger partial charge in [-0.05, 0) is 19.1 Å². The molecular weight excluding hydrogens is 226 g/mol. The Kier molecular flexibility index (Phi) is 3.05. The number of hydrogen-bond donors (Lipinski definition) is 0. The third kappa shape index (κ3) is 1.86. The summed E-state index contributed by atoms with van der Waals surface area (Å²) in [5.74, 6) is 0.304. The van der Waals surface area contributed by atoms with Crippen LogP contribution in [0.15, 0.2) is 17.6 Å². The monoisotopic (exact) mass is 237 g/mol. The van der Waals surface area contributed by atoms with Crippen molar-refractivity contribution < 1.29 is 14.3 Å². The number of methoxy groups -OCH3 is 1. The van der Waals surface area contributed by atoms with Crippen LogP contribution in [-0.2, 0) is 4.74 Å². The number of ether oxygens (including phenoxy) is 2. The molecule has 1 aromatic heterocycles. The first-order valence-electron chi connectivity index (χ1n) is 4.84. The molecule has 1 heterocycles. The van der Waals surface area contributed by atoms with Gasteiger partial charge in [0.1, 0.15) is 5.75 Å². The number of benzene rings is 1. The Morgan fingerprint density at radius 1 is 1.50 bits per heavy atom. The highest BCUT2D eigenvalue weighted by Crippen LogP contribution is 2.30. The van der Waals surface area contributed by atoms with Crippen molar-refractivity contribution in [1.82, 2.24) is 4.98 Å². The summed E-state index contributed by atoms with van der Waals surface area (Å²) in [7, 11) is 1.57. The first kappa shape index (κ1) is 10.9. The first-order chi connectivity index (χ1) is 7.76. The summed E-state index contributed by atoms with van der Waals surface area (Å²) in [4.78, 5) is 15.7. The highest BCUT2D eigenvalue weighted by atomic mass is 32.1. The van der Waals surface area contributed by atoms with Crippen molar-refractivity contribution in [3.8, 4) is 5.75 Å². The van der Waals surface area contributed by atoms with E-state index in [0.29, 0.717) is 17.9 Å². The summed E-state index contributed by atoms with van der Waals surface area (Å²) < 4.78 is 11.1. The molecule has 1 aromatic carbocycles. The molecule has 0 atom stereocenters. The Labute approximate surface area is 96.8 Å². The topological polar surface area (TPSA) is 48.4 Å². The molecule has 0 saturated carbocycles. The summed E-state index contributed by atoms with van der Waals surface area (Å²) in [5.41, 5.74) is 2.95. The molecule has 16 heavy (non-hydrogen) atoms. The number of thiazole rings is 1. The number of carbonyl (C=O) groups excluding carboxylic acids is 1. The maximum Gasteiger partial charge on any atom is 0.338 e. The van der Waals surface area contributed by atoms with Crippen LogP contribution in [-0.4, -0.2) is 24.7 Å². The van der Waals surface area contributed by atoms with Gasteiger partial charge < -0.3 is 9.47 Å². The van der Waals surface area contributed by atoms with Gasteiger partial charge in [-0.25, -0.2) is 9.78 Å². The normalized spacial score (nSPS) is 10.4. The van der Waals surface area contributed by atoms with E-state index in [9.17, 15) is 4.79 Å². The standard InChI is InChI=1S/C11H11NO3S/c1-3-15-11(13)7-4-8-10(16-6-12-8)9(5-7)14-2/h4-6H,3H2,1-2H3. The lowest BCUT2D eigenvalue weighted by atomic mass is 10.2. The van der Waals surface area contributed by atoms with Crippen LogP contribution in [0.1, 0.15) is 17.3 Å². The van der Waals surface area contributed by atoms with E-state index in [1.165, 1.54) is 11.3 Å². The van der Waals surface area contributed by atoms with E-state index in [4.69, 9.17) is 9.47 Å². The molecule has 0 unspecified atom stereocenters. The molecule has 0 fully saturated rings. The molecule has 0 aliphatic carbocycles. The molecule has 0 N–H and O–H groups in total. The molecule has 5 heteroatoms. The highest BCUT2D eigenvalue weighted by Gasteiger charge is 2.12. The van der Waals surface area contributed by atoms with Gasteiger partial charge in [-0.3, -0.25) is 0 Å². The van der Waals surface area contributed by atoms with E-state index in [-0.39, 0.29) is 5.97 Å². The molecule has 4 nitrogen and oxygen atoms in total. The van der Waals surface area contributed by atoms with Gasteiger partial charge in [0.25, 0.3) is 0 Å². The van der Waals surface area contributed by atoms with Crippen LogP contribution in [0.3, 0.4) is 0 Å². The zero-order valence-corrected chi connectivity index (χ0v) is 9.84. The predicted molar refractivity (Wildman–Crippen MR) is 62.1 cm³/mol. The van der Waals surface area contributed by atoms with Crippen LogP contribution in [0.4, 0.5) is 0 Å². The van der Waals surface area contributed by atoms with Crippen molar-refractivity contribution in [2.45, 2.75) is 6.92 Å². The molecular formula is C11H11NO3S.